The van der Waals surface area contributed by atoms with Crippen LogP contribution >= 0.6 is 11.8 Å². The van der Waals surface area contributed by atoms with E-state index in [1.54, 1.807) is 11.8 Å². The lowest BCUT2D eigenvalue weighted by atomic mass is 10.2. The number of aromatic amines is 1. The van der Waals surface area contributed by atoms with Crippen LogP contribution in [0.15, 0.2) is 40.3 Å². The molecule has 21 heavy (non-hydrogen) atoms. The first-order chi connectivity index (χ1) is 10.1. The Morgan fingerprint density at radius 3 is 2.67 bits per heavy atom. The maximum Gasteiger partial charge on any atom is 0.251 e. The van der Waals surface area contributed by atoms with Crippen LogP contribution in [0.25, 0.3) is 0 Å². The molecule has 0 aliphatic heterocycles. The van der Waals surface area contributed by atoms with Crippen LogP contribution in [0.1, 0.15) is 24.1 Å². The molecule has 0 aliphatic carbocycles. The maximum atomic E-state index is 11.3. The van der Waals surface area contributed by atoms with Gasteiger partial charge in [-0.2, -0.15) is 0 Å². The fourth-order valence-corrected chi connectivity index (χ4v) is 2.74. The largest absolute Gasteiger partial charge is 0.494 e. The smallest absolute Gasteiger partial charge is 0.251 e. The molecule has 0 fully saturated rings. The van der Waals surface area contributed by atoms with Crippen LogP contribution < -0.4 is 10.3 Å². The Morgan fingerprint density at radius 2 is 1.95 bits per heavy atom. The van der Waals surface area contributed by atoms with Gasteiger partial charge in [0.1, 0.15) is 5.75 Å². The summed E-state index contributed by atoms with van der Waals surface area (Å²) in [6.07, 6.45) is 2.01. The van der Waals surface area contributed by atoms with Gasteiger partial charge < -0.3 is 9.72 Å². The Labute approximate surface area is 129 Å². The zero-order chi connectivity index (χ0) is 15.1. The summed E-state index contributed by atoms with van der Waals surface area (Å²) in [6, 6.07) is 9.58. The van der Waals surface area contributed by atoms with E-state index in [1.165, 1.54) is 11.6 Å². The van der Waals surface area contributed by atoms with Crippen molar-refractivity contribution in [3.63, 3.8) is 0 Å². The average Bonchev–Trinajstić information content (AvgIpc) is 2.43. The van der Waals surface area contributed by atoms with Crippen LogP contribution in [0.3, 0.4) is 0 Å². The van der Waals surface area contributed by atoms with E-state index in [-0.39, 0.29) is 5.56 Å². The summed E-state index contributed by atoms with van der Waals surface area (Å²) >= 11 is 1.57. The number of unbranched alkanes of at least 4 members (excludes halogenated alkanes) is 1. The van der Waals surface area contributed by atoms with E-state index in [0.29, 0.717) is 11.8 Å². The third-order valence-corrected chi connectivity index (χ3v) is 3.87. The molecule has 2 rings (SSSR count). The van der Waals surface area contributed by atoms with E-state index < -0.39 is 0 Å². The first kappa shape index (κ1) is 15.6. The van der Waals surface area contributed by atoms with Crippen molar-refractivity contribution in [2.24, 2.45) is 0 Å². The highest BCUT2D eigenvalue weighted by Crippen LogP contribution is 2.15. The van der Waals surface area contributed by atoms with Crippen molar-refractivity contribution in [3.05, 3.63) is 51.9 Å². The number of benzene rings is 1. The molecule has 2 aromatic rings. The van der Waals surface area contributed by atoms with Crippen LogP contribution in [-0.2, 0) is 0 Å². The summed E-state index contributed by atoms with van der Waals surface area (Å²) in [5.74, 6) is 1.84. The van der Waals surface area contributed by atoms with Gasteiger partial charge in [0.2, 0.25) is 0 Å². The fraction of sp³-hybridized carbons (Fsp3) is 0.375. The molecule has 0 saturated heterocycles. The molecular formula is C16H20N2O2S. The molecule has 0 aliphatic rings. The predicted octanol–water partition coefficient (Wildman–Crippen LogP) is 3.34. The molecule has 0 bridgehead atoms. The zero-order valence-corrected chi connectivity index (χ0v) is 13.2. The Balaban J connectivity index is 1.64. The molecule has 5 heteroatoms. The molecule has 0 amide bonds. The van der Waals surface area contributed by atoms with Crippen LogP contribution in [0.2, 0.25) is 0 Å². The minimum atomic E-state index is -0.0901. The van der Waals surface area contributed by atoms with Crippen molar-refractivity contribution in [2.75, 3.05) is 12.4 Å². The van der Waals surface area contributed by atoms with Crippen molar-refractivity contribution in [2.45, 2.75) is 31.8 Å². The van der Waals surface area contributed by atoms with Gasteiger partial charge in [0, 0.05) is 17.5 Å². The van der Waals surface area contributed by atoms with Crippen molar-refractivity contribution < 1.29 is 4.74 Å². The normalized spacial score (nSPS) is 10.6. The summed E-state index contributed by atoms with van der Waals surface area (Å²) in [5.41, 5.74) is 1.90. The first-order valence-corrected chi connectivity index (χ1v) is 8.02. The topological polar surface area (TPSA) is 55.0 Å². The van der Waals surface area contributed by atoms with Gasteiger partial charge in [-0.1, -0.05) is 29.5 Å². The molecule has 4 nitrogen and oxygen atoms in total. The van der Waals surface area contributed by atoms with E-state index in [1.807, 2.05) is 31.2 Å². The Bertz CT molecular complexity index is 623. The van der Waals surface area contributed by atoms with Crippen molar-refractivity contribution >= 4 is 11.8 Å². The summed E-state index contributed by atoms with van der Waals surface area (Å²) < 4.78 is 5.67. The Hall–Kier alpha value is -1.75. The van der Waals surface area contributed by atoms with Gasteiger partial charge in [0.15, 0.2) is 5.16 Å². The number of hydrogen-bond donors (Lipinski definition) is 1. The highest BCUT2D eigenvalue weighted by atomic mass is 32.2. The summed E-state index contributed by atoms with van der Waals surface area (Å²) in [7, 11) is 0. The third-order valence-electron chi connectivity index (χ3n) is 2.92. The van der Waals surface area contributed by atoms with Crippen LogP contribution in [0.5, 0.6) is 5.75 Å². The van der Waals surface area contributed by atoms with Crippen LogP contribution in [0, 0.1) is 13.8 Å². The Morgan fingerprint density at radius 1 is 1.19 bits per heavy atom. The average molecular weight is 304 g/mol. The van der Waals surface area contributed by atoms with Gasteiger partial charge in [0.05, 0.1) is 6.61 Å². The number of thioether (sulfide) groups is 1. The number of rotatable bonds is 7. The number of H-pyrrole nitrogens is 1. The quantitative estimate of drug-likeness (QED) is 0.484. The number of aromatic nitrogens is 2. The third kappa shape index (κ3) is 5.63. The van der Waals surface area contributed by atoms with E-state index in [9.17, 15) is 4.79 Å². The van der Waals surface area contributed by atoms with Gasteiger partial charge in [-0.3, -0.25) is 4.79 Å². The fourth-order valence-electron chi connectivity index (χ4n) is 1.82. The van der Waals surface area contributed by atoms with E-state index >= 15 is 0 Å². The lowest BCUT2D eigenvalue weighted by Crippen LogP contribution is -2.08. The highest BCUT2D eigenvalue weighted by Gasteiger charge is 1.99. The second kappa shape index (κ2) is 7.88. The molecule has 0 unspecified atom stereocenters. The SMILES string of the molecule is Cc1ccc(OCCCCSc2nc(C)cc(=O)[nH]2)cc1. The van der Waals surface area contributed by atoms with Gasteiger partial charge in [-0.15, -0.1) is 0 Å². The standard InChI is InChI=1S/C16H20N2O2S/c1-12-5-7-14(8-6-12)20-9-3-4-10-21-16-17-13(2)11-15(19)18-16/h5-8,11H,3-4,9-10H2,1-2H3,(H,17,18,19). The molecular weight excluding hydrogens is 284 g/mol. The predicted molar refractivity (Wildman–Crippen MR) is 86.2 cm³/mol. The lowest BCUT2D eigenvalue weighted by Gasteiger charge is -2.06. The van der Waals surface area contributed by atoms with Gasteiger partial charge >= 0.3 is 0 Å². The monoisotopic (exact) mass is 304 g/mol. The summed E-state index contributed by atoms with van der Waals surface area (Å²) in [4.78, 5) is 18.3. The zero-order valence-electron chi connectivity index (χ0n) is 12.4. The molecule has 112 valence electrons. The molecule has 0 saturated carbocycles. The minimum Gasteiger partial charge on any atom is -0.494 e. The number of hydrogen-bond acceptors (Lipinski definition) is 4. The van der Waals surface area contributed by atoms with Crippen molar-refractivity contribution in [1.82, 2.24) is 9.97 Å². The number of aryl methyl sites for hydroxylation is 2. The number of ether oxygens (including phenoxy) is 1. The van der Waals surface area contributed by atoms with Crippen molar-refractivity contribution in [1.29, 1.82) is 0 Å². The number of nitrogens with zero attached hydrogens (tertiary/aromatic N) is 1. The van der Waals surface area contributed by atoms with Crippen LogP contribution in [0.4, 0.5) is 0 Å². The molecule has 0 spiro atoms. The molecule has 1 aromatic carbocycles. The molecule has 1 aromatic heterocycles. The van der Waals surface area contributed by atoms with Gasteiger partial charge in [-0.25, -0.2) is 4.98 Å². The van der Waals surface area contributed by atoms with Crippen LogP contribution in [-0.4, -0.2) is 22.3 Å². The van der Waals surface area contributed by atoms with Gasteiger partial charge in [-0.05, 0) is 38.8 Å². The highest BCUT2D eigenvalue weighted by molar-refractivity contribution is 7.99. The number of nitrogens with one attached hydrogen (secondary N) is 1. The molecule has 1 heterocycles. The molecule has 0 atom stereocenters. The van der Waals surface area contributed by atoms with Gasteiger partial charge in [0.25, 0.3) is 5.56 Å². The summed E-state index contributed by atoms with van der Waals surface area (Å²) in [6.45, 7) is 4.60. The molecule has 1 N–H and O–H groups in total. The first-order valence-electron chi connectivity index (χ1n) is 7.04. The minimum absolute atomic E-state index is 0.0901. The van der Waals surface area contributed by atoms with E-state index in [2.05, 4.69) is 16.9 Å². The van der Waals surface area contributed by atoms with E-state index in [0.717, 1.165) is 30.0 Å². The molecule has 0 radical (unpaired) electrons. The maximum absolute atomic E-state index is 11.3. The second-order valence-electron chi connectivity index (χ2n) is 4.91. The van der Waals surface area contributed by atoms with Crippen molar-refractivity contribution in [3.8, 4) is 5.75 Å². The second-order valence-corrected chi connectivity index (χ2v) is 5.99. The van der Waals surface area contributed by atoms with E-state index in [4.69, 9.17) is 4.74 Å². The Kier molecular flexibility index (Phi) is 5.87. The summed E-state index contributed by atoms with van der Waals surface area (Å²) in [5, 5.41) is 0.694. The lowest BCUT2D eigenvalue weighted by molar-refractivity contribution is 0.310.